The second-order valence-electron chi connectivity index (χ2n) is 6.21. The number of anilines is 2. The molecule has 0 bridgehead atoms. The van der Waals surface area contributed by atoms with E-state index in [4.69, 9.17) is 4.74 Å². The van der Waals surface area contributed by atoms with Gasteiger partial charge in [0.15, 0.2) is 0 Å². The quantitative estimate of drug-likeness (QED) is 0.651. The van der Waals surface area contributed by atoms with Gasteiger partial charge in [-0.2, -0.15) is 0 Å². The average molecular weight is 380 g/mol. The Morgan fingerprint density at radius 2 is 1.89 bits per heavy atom. The minimum Gasteiger partial charge on any atom is -0.497 e. The van der Waals surface area contributed by atoms with Crippen LogP contribution in [0.1, 0.15) is 21.7 Å². The maximum absolute atomic E-state index is 13.3. The standard InChI is InChI=1S/C21H21FN4O2/c1-14-12-19(20(27)25-17-5-3-4-16(22)13-17)26-21(24-14)23-11-10-15-6-8-18(28-2)9-7-15/h3-9,12-13H,10-11H2,1-2H3,(H,25,27)(H,23,24,26). The highest BCUT2D eigenvalue weighted by molar-refractivity contribution is 6.03. The van der Waals surface area contributed by atoms with Gasteiger partial charge in [-0.3, -0.25) is 4.79 Å². The predicted octanol–water partition coefficient (Wildman–Crippen LogP) is 3.84. The van der Waals surface area contributed by atoms with E-state index in [0.29, 0.717) is 23.9 Å². The van der Waals surface area contributed by atoms with Gasteiger partial charge in [-0.05, 0) is 55.3 Å². The lowest BCUT2D eigenvalue weighted by atomic mass is 10.1. The van der Waals surface area contributed by atoms with E-state index in [1.54, 1.807) is 26.2 Å². The molecule has 0 fully saturated rings. The van der Waals surface area contributed by atoms with Crippen LogP contribution in [-0.4, -0.2) is 29.5 Å². The van der Waals surface area contributed by atoms with Gasteiger partial charge in [-0.15, -0.1) is 0 Å². The summed E-state index contributed by atoms with van der Waals surface area (Å²) in [6, 6.07) is 15.1. The number of hydrogen-bond donors (Lipinski definition) is 2. The van der Waals surface area contributed by atoms with Crippen LogP contribution in [0, 0.1) is 12.7 Å². The number of nitrogens with one attached hydrogen (secondary N) is 2. The third kappa shape index (κ3) is 5.26. The van der Waals surface area contributed by atoms with Crippen molar-refractivity contribution >= 4 is 17.5 Å². The fourth-order valence-electron chi connectivity index (χ4n) is 2.64. The maximum atomic E-state index is 13.3. The smallest absolute Gasteiger partial charge is 0.274 e. The van der Waals surface area contributed by atoms with Crippen LogP contribution in [0.3, 0.4) is 0 Å². The Balaban J connectivity index is 1.62. The van der Waals surface area contributed by atoms with Crippen molar-refractivity contribution in [1.82, 2.24) is 9.97 Å². The molecule has 3 rings (SSSR count). The minimum absolute atomic E-state index is 0.212. The average Bonchev–Trinajstić information content (AvgIpc) is 2.68. The van der Waals surface area contributed by atoms with E-state index < -0.39 is 11.7 Å². The zero-order valence-electron chi connectivity index (χ0n) is 15.7. The van der Waals surface area contributed by atoms with Gasteiger partial charge in [-0.1, -0.05) is 18.2 Å². The van der Waals surface area contributed by atoms with E-state index in [1.165, 1.54) is 18.2 Å². The molecule has 0 aliphatic heterocycles. The molecule has 1 aromatic heterocycles. The number of carbonyl (C=O) groups excluding carboxylic acids is 1. The molecule has 1 amide bonds. The first-order chi connectivity index (χ1) is 13.5. The summed E-state index contributed by atoms with van der Waals surface area (Å²) < 4.78 is 18.4. The van der Waals surface area contributed by atoms with Crippen molar-refractivity contribution < 1.29 is 13.9 Å². The molecule has 0 atom stereocenters. The van der Waals surface area contributed by atoms with Crippen molar-refractivity contribution in [3.8, 4) is 5.75 Å². The number of nitrogens with zero attached hydrogens (tertiary/aromatic N) is 2. The van der Waals surface area contributed by atoms with Crippen LogP contribution in [0.4, 0.5) is 16.0 Å². The molecule has 0 aliphatic carbocycles. The second-order valence-corrected chi connectivity index (χ2v) is 6.21. The molecule has 0 aliphatic rings. The molecule has 6 nitrogen and oxygen atoms in total. The van der Waals surface area contributed by atoms with Crippen molar-refractivity contribution in [3.63, 3.8) is 0 Å². The summed E-state index contributed by atoms with van der Waals surface area (Å²) >= 11 is 0. The summed E-state index contributed by atoms with van der Waals surface area (Å²) in [7, 11) is 1.63. The fourth-order valence-corrected chi connectivity index (χ4v) is 2.64. The third-order valence-corrected chi connectivity index (χ3v) is 4.03. The lowest BCUT2D eigenvalue weighted by molar-refractivity contribution is 0.102. The molecule has 3 aromatic rings. The van der Waals surface area contributed by atoms with Gasteiger partial charge in [0.05, 0.1) is 7.11 Å². The number of methoxy groups -OCH3 is 1. The van der Waals surface area contributed by atoms with Crippen LogP contribution in [-0.2, 0) is 6.42 Å². The minimum atomic E-state index is -0.422. The number of aryl methyl sites for hydroxylation is 1. The molecule has 7 heteroatoms. The van der Waals surface area contributed by atoms with Gasteiger partial charge in [0.1, 0.15) is 17.3 Å². The molecule has 0 spiro atoms. The third-order valence-electron chi connectivity index (χ3n) is 4.03. The van der Waals surface area contributed by atoms with Crippen molar-refractivity contribution in [3.05, 3.63) is 77.4 Å². The predicted molar refractivity (Wildman–Crippen MR) is 106 cm³/mol. The summed E-state index contributed by atoms with van der Waals surface area (Å²) in [6.45, 7) is 2.40. The van der Waals surface area contributed by atoms with Crippen LogP contribution >= 0.6 is 0 Å². The number of ether oxygens (including phenoxy) is 1. The Morgan fingerprint density at radius 3 is 2.61 bits per heavy atom. The number of amides is 1. The van der Waals surface area contributed by atoms with Crippen molar-refractivity contribution in [2.45, 2.75) is 13.3 Å². The first-order valence-electron chi connectivity index (χ1n) is 8.83. The lowest BCUT2D eigenvalue weighted by Gasteiger charge is -2.09. The first-order valence-corrected chi connectivity index (χ1v) is 8.83. The van der Waals surface area contributed by atoms with Crippen LogP contribution in [0.5, 0.6) is 5.75 Å². The number of aromatic nitrogens is 2. The van der Waals surface area contributed by atoms with E-state index in [0.717, 1.165) is 17.7 Å². The van der Waals surface area contributed by atoms with Crippen LogP contribution < -0.4 is 15.4 Å². The molecule has 0 unspecified atom stereocenters. The molecule has 0 saturated carbocycles. The molecule has 1 heterocycles. The normalized spacial score (nSPS) is 10.4. The summed E-state index contributed by atoms with van der Waals surface area (Å²) in [5.41, 5.74) is 2.38. The number of rotatable bonds is 7. The van der Waals surface area contributed by atoms with Gasteiger partial charge in [0.2, 0.25) is 5.95 Å². The summed E-state index contributed by atoms with van der Waals surface area (Å²) in [6.07, 6.45) is 0.770. The largest absolute Gasteiger partial charge is 0.497 e. The van der Waals surface area contributed by atoms with E-state index >= 15 is 0 Å². The highest BCUT2D eigenvalue weighted by Gasteiger charge is 2.11. The van der Waals surface area contributed by atoms with Crippen LogP contribution in [0.2, 0.25) is 0 Å². The molecule has 2 N–H and O–H groups in total. The zero-order valence-corrected chi connectivity index (χ0v) is 15.7. The molecule has 28 heavy (non-hydrogen) atoms. The number of hydrogen-bond acceptors (Lipinski definition) is 5. The monoisotopic (exact) mass is 380 g/mol. The zero-order chi connectivity index (χ0) is 19.9. The Hall–Kier alpha value is -3.48. The van der Waals surface area contributed by atoms with Gasteiger partial charge in [0.25, 0.3) is 5.91 Å². The van der Waals surface area contributed by atoms with Gasteiger partial charge < -0.3 is 15.4 Å². The Bertz CT molecular complexity index is 961. The van der Waals surface area contributed by atoms with E-state index in [2.05, 4.69) is 20.6 Å². The van der Waals surface area contributed by atoms with Gasteiger partial charge in [-0.25, -0.2) is 14.4 Å². The van der Waals surface area contributed by atoms with Gasteiger partial charge >= 0.3 is 0 Å². The van der Waals surface area contributed by atoms with Crippen LogP contribution in [0.15, 0.2) is 54.6 Å². The summed E-state index contributed by atoms with van der Waals surface area (Å²) in [5, 5.41) is 5.77. The molecule has 2 aromatic carbocycles. The number of benzene rings is 2. The topological polar surface area (TPSA) is 76.1 Å². The Kier molecular flexibility index (Phi) is 6.16. The molecular formula is C21H21FN4O2. The number of halogens is 1. The molecular weight excluding hydrogens is 359 g/mol. The summed E-state index contributed by atoms with van der Waals surface area (Å²) in [5.74, 6) is 0.345. The van der Waals surface area contributed by atoms with E-state index in [1.807, 2.05) is 24.3 Å². The van der Waals surface area contributed by atoms with Crippen molar-refractivity contribution in [2.75, 3.05) is 24.3 Å². The van der Waals surface area contributed by atoms with Crippen LogP contribution in [0.25, 0.3) is 0 Å². The van der Waals surface area contributed by atoms with E-state index in [9.17, 15) is 9.18 Å². The SMILES string of the molecule is COc1ccc(CCNc2nc(C)cc(C(=O)Nc3cccc(F)c3)n2)cc1. The molecule has 0 saturated heterocycles. The second kappa shape index (κ2) is 8.94. The maximum Gasteiger partial charge on any atom is 0.274 e. The number of carbonyl (C=O) groups is 1. The lowest BCUT2D eigenvalue weighted by Crippen LogP contribution is -2.17. The Labute approximate surface area is 162 Å². The molecule has 0 radical (unpaired) electrons. The van der Waals surface area contributed by atoms with Crippen molar-refractivity contribution in [2.24, 2.45) is 0 Å². The van der Waals surface area contributed by atoms with Crippen molar-refractivity contribution in [1.29, 1.82) is 0 Å². The highest BCUT2D eigenvalue weighted by atomic mass is 19.1. The fraction of sp³-hybridized carbons (Fsp3) is 0.190. The Morgan fingerprint density at radius 1 is 1.11 bits per heavy atom. The first kappa shape index (κ1) is 19.3. The molecule has 144 valence electrons. The van der Waals surface area contributed by atoms with Gasteiger partial charge in [0, 0.05) is 17.9 Å². The highest BCUT2D eigenvalue weighted by Crippen LogP contribution is 2.13. The summed E-state index contributed by atoms with van der Waals surface area (Å²) in [4.78, 5) is 21.0. The van der Waals surface area contributed by atoms with E-state index in [-0.39, 0.29) is 5.69 Å².